The Hall–Kier alpha value is -1.78. The van der Waals surface area contributed by atoms with Crippen molar-refractivity contribution in [2.45, 2.75) is 12.5 Å². The number of aliphatic hydroxyl groups is 1. The monoisotopic (exact) mass is 292 g/mol. The topological polar surface area (TPSA) is 54.3 Å². The molecule has 0 fully saturated rings. The van der Waals surface area contributed by atoms with E-state index in [0.29, 0.717) is 5.02 Å². The van der Waals surface area contributed by atoms with Gasteiger partial charge in [0.25, 0.3) is 0 Å². The van der Waals surface area contributed by atoms with Crippen LogP contribution in [0.5, 0.6) is 0 Å². The summed E-state index contributed by atoms with van der Waals surface area (Å²) in [6.07, 6.45) is 1.34. The van der Waals surface area contributed by atoms with Gasteiger partial charge in [-0.3, -0.25) is 4.79 Å². The second kappa shape index (κ2) is 6.59. The van der Waals surface area contributed by atoms with Crippen molar-refractivity contribution in [3.8, 4) is 0 Å². The minimum Gasteiger partial charge on any atom is -0.385 e. The van der Waals surface area contributed by atoms with Gasteiger partial charge < -0.3 is 15.0 Å². The summed E-state index contributed by atoms with van der Waals surface area (Å²) in [5.41, 5.74) is 1.54. The van der Waals surface area contributed by atoms with Crippen LogP contribution in [0.2, 0.25) is 5.02 Å². The first-order valence-electron chi connectivity index (χ1n) is 6.37. The maximum Gasteiger partial charge on any atom is 0.224 e. The number of nitrogens with zero attached hydrogens (tertiary/aromatic N) is 1. The molecule has 1 unspecified atom stereocenters. The van der Waals surface area contributed by atoms with Crippen LogP contribution in [-0.4, -0.2) is 22.1 Å². The Labute approximate surface area is 123 Å². The summed E-state index contributed by atoms with van der Waals surface area (Å²) in [4.78, 5) is 11.8. The fraction of sp³-hybridized carbons (Fsp3) is 0.267. The quantitative estimate of drug-likeness (QED) is 0.886. The van der Waals surface area contributed by atoms with Crippen molar-refractivity contribution in [2.75, 3.05) is 6.54 Å². The number of carbonyl (C=O) groups is 1. The van der Waals surface area contributed by atoms with Gasteiger partial charge in [0.15, 0.2) is 0 Å². The van der Waals surface area contributed by atoms with E-state index in [9.17, 15) is 9.90 Å². The van der Waals surface area contributed by atoms with Crippen LogP contribution < -0.4 is 5.32 Å². The van der Waals surface area contributed by atoms with E-state index < -0.39 is 6.10 Å². The molecule has 0 radical (unpaired) electrons. The third-order valence-corrected chi connectivity index (χ3v) is 3.50. The highest BCUT2D eigenvalue weighted by molar-refractivity contribution is 6.31. The molecule has 1 aromatic carbocycles. The molecule has 0 saturated heterocycles. The van der Waals surface area contributed by atoms with E-state index >= 15 is 0 Å². The highest BCUT2D eigenvalue weighted by Gasteiger charge is 2.12. The molecule has 1 amide bonds. The van der Waals surface area contributed by atoms with Crippen LogP contribution in [0.1, 0.15) is 17.4 Å². The first kappa shape index (κ1) is 14.6. The third kappa shape index (κ3) is 3.62. The van der Waals surface area contributed by atoms with Gasteiger partial charge in [-0.15, -0.1) is 0 Å². The highest BCUT2D eigenvalue weighted by atomic mass is 35.5. The van der Waals surface area contributed by atoms with E-state index in [2.05, 4.69) is 5.32 Å². The van der Waals surface area contributed by atoms with Gasteiger partial charge in [-0.1, -0.05) is 29.8 Å². The number of carbonyl (C=O) groups excluding carboxylic acids is 1. The third-order valence-electron chi connectivity index (χ3n) is 3.13. The lowest BCUT2D eigenvalue weighted by atomic mass is 10.1. The summed E-state index contributed by atoms with van der Waals surface area (Å²) in [5.74, 6) is -0.161. The smallest absolute Gasteiger partial charge is 0.224 e. The number of amides is 1. The number of aryl methyl sites for hydroxylation is 1. The molecule has 5 heteroatoms. The lowest BCUT2D eigenvalue weighted by Crippen LogP contribution is -2.30. The molecule has 20 heavy (non-hydrogen) atoms. The average Bonchev–Trinajstić information content (AvgIpc) is 2.85. The Morgan fingerprint density at radius 3 is 2.75 bits per heavy atom. The first-order valence-corrected chi connectivity index (χ1v) is 6.75. The molecule has 0 aliphatic carbocycles. The molecule has 0 aliphatic rings. The molecular formula is C15H17ClN2O2. The number of aliphatic hydroxyl groups excluding tert-OH is 1. The maximum atomic E-state index is 11.8. The van der Waals surface area contributed by atoms with Gasteiger partial charge >= 0.3 is 0 Å². The van der Waals surface area contributed by atoms with Crippen molar-refractivity contribution < 1.29 is 9.90 Å². The molecule has 1 aromatic heterocycles. The predicted octanol–water partition coefficient (Wildman–Crippen LogP) is 2.07. The van der Waals surface area contributed by atoms with Crippen molar-refractivity contribution in [3.63, 3.8) is 0 Å². The van der Waals surface area contributed by atoms with Crippen LogP contribution in [0.4, 0.5) is 0 Å². The van der Waals surface area contributed by atoms with Crippen molar-refractivity contribution in [2.24, 2.45) is 7.05 Å². The zero-order valence-electron chi connectivity index (χ0n) is 11.2. The van der Waals surface area contributed by atoms with Gasteiger partial charge in [0.1, 0.15) is 6.10 Å². The summed E-state index contributed by atoms with van der Waals surface area (Å²) in [7, 11) is 1.85. The second-order valence-electron chi connectivity index (χ2n) is 4.63. The van der Waals surface area contributed by atoms with E-state index in [0.717, 1.165) is 11.3 Å². The van der Waals surface area contributed by atoms with Crippen LogP contribution in [0, 0.1) is 0 Å². The zero-order valence-corrected chi connectivity index (χ0v) is 12.0. The summed E-state index contributed by atoms with van der Waals surface area (Å²) in [5, 5.41) is 13.3. The molecule has 0 spiro atoms. The van der Waals surface area contributed by atoms with Crippen LogP contribution in [0.15, 0.2) is 42.6 Å². The molecule has 1 atom stereocenters. The Balaban J connectivity index is 1.87. The summed E-state index contributed by atoms with van der Waals surface area (Å²) >= 11 is 6.00. The van der Waals surface area contributed by atoms with Crippen LogP contribution in [-0.2, 0) is 18.3 Å². The van der Waals surface area contributed by atoms with E-state index in [1.165, 1.54) is 0 Å². The van der Waals surface area contributed by atoms with Gasteiger partial charge in [0.2, 0.25) is 5.91 Å². The van der Waals surface area contributed by atoms with E-state index in [-0.39, 0.29) is 18.9 Å². The minimum absolute atomic E-state index is 0.161. The fourth-order valence-corrected chi connectivity index (χ4v) is 2.22. The molecule has 2 aromatic rings. The van der Waals surface area contributed by atoms with Gasteiger partial charge in [0.05, 0.1) is 6.42 Å². The lowest BCUT2D eigenvalue weighted by Gasteiger charge is -2.13. The Kier molecular flexibility index (Phi) is 4.82. The fourth-order valence-electron chi connectivity index (χ4n) is 2.01. The van der Waals surface area contributed by atoms with Gasteiger partial charge in [-0.05, 0) is 23.8 Å². The summed E-state index contributed by atoms with van der Waals surface area (Å²) < 4.78 is 1.82. The molecule has 0 aliphatic heterocycles. The molecule has 106 valence electrons. The minimum atomic E-state index is -0.717. The van der Waals surface area contributed by atoms with Crippen LogP contribution >= 0.6 is 11.6 Å². The highest BCUT2D eigenvalue weighted by Crippen LogP contribution is 2.15. The number of aromatic nitrogens is 1. The van der Waals surface area contributed by atoms with Crippen LogP contribution in [0.25, 0.3) is 0 Å². The molecule has 0 bridgehead atoms. The standard InChI is InChI=1S/C15H17ClN2O2/c1-18-8-4-7-13(18)14(19)10-17-15(20)9-11-5-2-3-6-12(11)16/h2-8,14,19H,9-10H2,1H3,(H,17,20). The summed E-state index contributed by atoms with van der Waals surface area (Å²) in [6, 6.07) is 10.9. The molecule has 4 nitrogen and oxygen atoms in total. The Bertz CT molecular complexity index is 595. The molecular weight excluding hydrogens is 276 g/mol. The number of rotatable bonds is 5. The van der Waals surface area contributed by atoms with Crippen molar-refractivity contribution in [1.82, 2.24) is 9.88 Å². The number of halogens is 1. The number of hydrogen-bond donors (Lipinski definition) is 2. The van der Waals surface area contributed by atoms with E-state index in [4.69, 9.17) is 11.6 Å². The predicted molar refractivity (Wildman–Crippen MR) is 78.5 cm³/mol. The second-order valence-corrected chi connectivity index (χ2v) is 5.04. The van der Waals surface area contributed by atoms with Crippen molar-refractivity contribution in [1.29, 1.82) is 0 Å². The van der Waals surface area contributed by atoms with Gasteiger partial charge in [-0.2, -0.15) is 0 Å². The largest absolute Gasteiger partial charge is 0.385 e. The lowest BCUT2D eigenvalue weighted by molar-refractivity contribution is -0.120. The van der Waals surface area contributed by atoms with Gasteiger partial charge in [0, 0.05) is 30.5 Å². The molecule has 2 N–H and O–H groups in total. The molecule has 1 heterocycles. The van der Waals surface area contributed by atoms with Crippen LogP contribution in [0.3, 0.4) is 0 Å². The number of hydrogen-bond acceptors (Lipinski definition) is 2. The number of benzene rings is 1. The maximum absolute atomic E-state index is 11.8. The van der Waals surface area contributed by atoms with E-state index in [1.807, 2.05) is 48.1 Å². The van der Waals surface area contributed by atoms with Crippen molar-refractivity contribution in [3.05, 3.63) is 58.9 Å². The average molecular weight is 293 g/mol. The molecule has 0 saturated carbocycles. The van der Waals surface area contributed by atoms with E-state index in [1.54, 1.807) is 6.07 Å². The normalized spacial score (nSPS) is 12.2. The van der Waals surface area contributed by atoms with Crippen molar-refractivity contribution >= 4 is 17.5 Å². The number of nitrogens with one attached hydrogen (secondary N) is 1. The first-order chi connectivity index (χ1) is 9.58. The zero-order chi connectivity index (χ0) is 14.5. The summed E-state index contributed by atoms with van der Waals surface area (Å²) in [6.45, 7) is 0.182. The molecule has 2 rings (SSSR count). The Morgan fingerprint density at radius 1 is 1.35 bits per heavy atom. The van der Waals surface area contributed by atoms with Gasteiger partial charge in [-0.25, -0.2) is 0 Å². The Morgan fingerprint density at radius 2 is 2.10 bits per heavy atom. The SMILES string of the molecule is Cn1cccc1C(O)CNC(=O)Cc1ccccc1Cl.